The summed E-state index contributed by atoms with van der Waals surface area (Å²) in [5.74, 6) is 1.56. The minimum atomic E-state index is -0.239. The Bertz CT molecular complexity index is 1770. The number of nitrogens with zero attached hydrogens (tertiary/aromatic N) is 3. The molecule has 5 rings (SSSR count). The van der Waals surface area contributed by atoms with Gasteiger partial charge in [-0.15, -0.1) is 0 Å². The molecule has 0 aliphatic heterocycles. The predicted octanol–water partition coefficient (Wildman–Crippen LogP) is 6.48. The molecule has 0 spiro atoms. The summed E-state index contributed by atoms with van der Waals surface area (Å²) >= 11 is 8.27. The standard InChI is InChI=1S/C28H23N3O4S3/c1-17(32)18-13-14-22(34-2)19(15-18)16-37-27-29-25-24(38-28(36)30(25)20-9-5-4-6-10-20)26(33)31(27)21-11-7-8-12-23(21)35-3/h4-15H,16H2,1-3H3. The summed E-state index contributed by atoms with van der Waals surface area (Å²) in [5.41, 5.74) is 3.06. The number of hydrogen-bond acceptors (Lipinski definition) is 8. The molecule has 0 radical (unpaired) electrons. The second-order valence-electron chi connectivity index (χ2n) is 8.27. The van der Waals surface area contributed by atoms with Crippen molar-refractivity contribution in [2.24, 2.45) is 0 Å². The highest BCUT2D eigenvalue weighted by molar-refractivity contribution is 7.98. The molecule has 3 aromatic carbocycles. The van der Waals surface area contributed by atoms with Gasteiger partial charge in [0.1, 0.15) is 16.2 Å². The third-order valence-electron chi connectivity index (χ3n) is 5.96. The number of ether oxygens (including phenoxy) is 2. The maximum absolute atomic E-state index is 14.0. The van der Waals surface area contributed by atoms with E-state index in [9.17, 15) is 9.59 Å². The average Bonchev–Trinajstić information content (AvgIpc) is 3.28. The van der Waals surface area contributed by atoms with Crippen LogP contribution in [0.25, 0.3) is 21.7 Å². The van der Waals surface area contributed by atoms with Crippen LogP contribution in [0.15, 0.2) is 82.7 Å². The van der Waals surface area contributed by atoms with E-state index in [0.717, 1.165) is 11.3 Å². The van der Waals surface area contributed by atoms with Gasteiger partial charge in [-0.05, 0) is 61.6 Å². The maximum atomic E-state index is 14.0. The quantitative estimate of drug-likeness (QED) is 0.0929. The van der Waals surface area contributed by atoms with Crippen LogP contribution in [0.2, 0.25) is 0 Å². The Morgan fingerprint density at radius 1 is 0.974 bits per heavy atom. The van der Waals surface area contributed by atoms with Crippen molar-refractivity contribution in [3.63, 3.8) is 0 Å². The lowest BCUT2D eigenvalue weighted by molar-refractivity contribution is 0.101. The van der Waals surface area contributed by atoms with Crippen molar-refractivity contribution < 1.29 is 14.3 Å². The first kappa shape index (κ1) is 25.9. The maximum Gasteiger partial charge on any atom is 0.278 e. The van der Waals surface area contributed by atoms with Crippen LogP contribution in [0.3, 0.4) is 0 Å². The lowest BCUT2D eigenvalue weighted by atomic mass is 10.1. The van der Waals surface area contributed by atoms with Crippen molar-refractivity contribution in [1.29, 1.82) is 0 Å². The number of methoxy groups -OCH3 is 2. The molecule has 0 amide bonds. The molecule has 38 heavy (non-hydrogen) atoms. The van der Waals surface area contributed by atoms with Crippen LogP contribution in [0.4, 0.5) is 0 Å². The molecule has 192 valence electrons. The van der Waals surface area contributed by atoms with E-state index >= 15 is 0 Å². The largest absolute Gasteiger partial charge is 0.496 e. The second-order valence-corrected chi connectivity index (χ2v) is 10.9. The first-order valence-electron chi connectivity index (χ1n) is 11.6. The summed E-state index contributed by atoms with van der Waals surface area (Å²) in [4.78, 5) is 31.0. The monoisotopic (exact) mass is 561 g/mol. The summed E-state index contributed by atoms with van der Waals surface area (Å²) in [6.45, 7) is 1.53. The van der Waals surface area contributed by atoms with Gasteiger partial charge in [0, 0.05) is 22.6 Å². The van der Waals surface area contributed by atoms with E-state index in [4.69, 9.17) is 26.7 Å². The van der Waals surface area contributed by atoms with Crippen molar-refractivity contribution in [3.05, 3.63) is 98.2 Å². The normalized spacial score (nSPS) is 11.0. The topological polar surface area (TPSA) is 75.4 Å². The van der Waals surface area contributed by atoms with Crippen molar-refractivity contribution in [1.82, 2.24) is 14.1 Å². The zero-order valence-electron chi connectivity index (χ0n) is 20.8. The highest BCUT2D eigenvalue weighted by Crippen LogP contribution is 2.33. The Balaban J connectivity index is 1.73. The van der Waals surface area contributed by atoms with Crippen LogP contribution >= 0.6 is 35.3 Å². The van der Waals surface area contributed by atoms with Gasteiger partial charge in [0.25, 0.3) is 5.56 Å². The van der Waals surface area contributed by atoms with Gasteiger partial charge in [0.05, 0.1) is 19.9 Å². The second kappa shape index (κ2) is 10.9. The van der Waals surface area contributed by atoms with Crippen LogP contribution in [0.1, 0.15) is 22.8 Å². The van der Waals surface area contributed by atoms with Gasteiger partial charge < -0.3 is 9.47 Å². The first-order chi connectivity index (χ1) is 18.4. The zero-order valence-corrected chi connectivity index (χ0v) is 23.3. The number of fused-ring (bicyclic) bond motifs is 1. The fourth-order valence-corrected chi connectivity index (χ4v) is 6.39. The molecule has 0 aliphatic rings. The molecular formula is C28H23N3O4S3. The van der Waals surface area contributed by atoms with E-state index in [0.29, 0.717) is 48.0 Å². The molecule has 2 aromatic heterocycles. The Kier molecular flexibility index (Phi) is 7.46. The predicted molar refractivity (Wildman–Crippen MR) is 154 cm³/mol. The van der Waals surface area contributed by atoms with Crippen LogP contribution in [0.5, 0.6) is 11.5 Å². The lowest BCUT2D eigenvalue weighted by Crippen LogP contribution is -2.22. The van der Waals surface area contributed by atoms with Gasteiger partial charge in [-0.25, -0.2) is 4.98 Å². The number of Topliss-reactive ketones (excluding diaryl/α,β-unsaturated/α-hetero) is 1. The van der Waals surface area contributed by atoms with Gasteiger partial charge in [-0.1, -0.05) is 53.4 Å². The molecule has 0 saturated carbocycles. The van der Waals surface area contributed by atoms with E-state index in [1.54, 1.807) is 37.0 Å². The average molecular weight is 562 g/mol. The van der Waals surface area contributed by atoms with Crippen molar-refractivity contribution in [3.8, 4) is 22.9 Å². The van der Waals surface area contributed by atoms with E-state index in [1.807, 2.05) is 59.2 Å². The summed E-state index contributed by atoms with van der Waals surface area (Å²) in [7, 11) is 3.15. The number of para-hydroxylation sites is 3. The molecule has 0 aliphatic carbocycles. The smallest absolute Gasteiger partial charge is 0.278 e. The van der Waals surface area contributed by atoms with E-state index in [1.165, 1.54) is 30.0 Å². The number of hydrogen-bond donors (Lipinski definition) is 0. The number of benzene rings is 3. The molecule has 0 N–H and O–H groups in total. The van der Waals surface area contributed by atoms with Crippen molar-refractivity contribution in [2.75, 3.05) is 14.2 Å². The number of aromatic nitrogens is 3. The third kappa shape index (κ3) is 4.78. The van der Waals surface area contributed by atoms with Crippen LogP contribution in [-0.2, 0) is 5.75 Å². The van der Waals surface area contributed by atoms with Crippen LogP contribution < -0.4 is 15.0 Å². The minimum Gasteiger partial charge on any atom is -0.496 e. The van der Waals surface area contributed by atoms with Gasteiger partial charge >= 0.3 is 0 Å². The Labute approximate surface area is 232 Å². The Morgan fingerprint density at radius 2 is 1.68 bits per heavy atom. The summed E-state index contributed by atoms with van der Waals surface area (Å²) in [5, 5.41) is 0.458. The van der Waals surface area contributed by atoms with Crippen LogP contribution in [0, 0.1) is 3.95 Å². The molecule has 0 atom stereocenters. The SMILES string of the molecule is COc1ccc(C(C)=O)cc1CSc1nc2c(sc(=S)n2-c2ccccc2)c(=O)n1-c1ccccc1OC. The number of thiazole rings is 1. The highest BCUT2D eigenvalue weighted by Gasteiger charge is 2.21. The first-order valence-corrected chi connectivity index (χ1v) is 13.8. The number of carbonyl (C=O) groups excluding carboxylic acids is 1. The van der Waals surface area contributed by atoms with Gasteiger partial charge in [0.15, 0.2) is 20.5 Å². The highest BCUT2D eigenvalue weighted by atomic mass is 32.2. The molecule has 0 fully saturated rings. The Morgan fingerprint density at radius 3 is 2.39 bits per heavy atom. The fraction of sp³-hybridized carbons (Fsp3) is 0.143. The molecule has 0 unspecified atom stereocenters. The number of carbonyl (C=O) groups is 1. The van der Waals surface area contributed by atoms with Crippen molar-refractivity contribution >= 4 is 51.4 Å². The lowest BCUT2D eigenvalue weighted by Gasteiger charge is -2.16. The van der Waals surface area contributed by atoms with Crippen LogP contribution in [-0.4, -0.2) is 34.1 Å². The summed E-state index contributed by atoms with van der Waals surface area (Å²) in [6.07, 6.45) is 0. The van der Waals surface area contributed by atoms with E-state index in [2.05, 4.69) is 0 Å². The molecule has 2 heterocycles. The zero-order chi connectivity index (χ0) is 26.8. The molecular weight excluding hydrogens is 539 g/mol. The van der Waals surface area contributed by atoms with Gasteiger partial charge in [-0.3, -0.25) is 18.7 Å². The van der Waals surface area contributed by atoms with Crippen molar-refractivity contribution in [2.45, 2.75) is 17.8 Å². The number of thioether (sulfide) groups is 1. The number of rotatable bonds is 8. The number of ketones is 1. The van der Waals surface area contributed by atoms with E-state index in [-0.39, 0.29) is 11.3 Å². The summed E-state index contributed by atoms with van der Waals surface area (Å²) < 4.78 is 15.5. The van der Waals surface area contributed by atoms with Gasteiger partial charge in [0.2, 0.25) is 0 Å². The Hall–Kier alpha value is -3.73. The van der Waals surface area contributed by atoms with Gasteiger partial charge in [-0.2, -0.15) is 0 Å². The third-order valence-corrected chi connectivity index (χ3v) is 8.30. The molecule has 10 heteroatoms. The molecule has 7 nitrogen and oxygen atoms in total. The fourth-order valence-electron chi connectivity index (χ4n) is 4.12. The molecule has 5 aromatic rings. The minimum absolute atomic E-state index is 0.0375. The molecule has 0 bridgehead atoms. The van der Waals surface area contributed by atoms with E-state index < -0.39 is 0 Å². The summed E-state index contributed by atoms with van der Waals surface area (Å²) in [6, 6.07) is 22.3. The molecule has 0 saturated heterocycles.